The molecule has 0 atom stereocenters. The van der Waals surface area contributed by atoms with Crippen LogP contribution in [-0.4, -0.2) is 19.9 Å². The van der Waals surface area contributed by atoms with Crippen LogP contribution >= 0.6 is 11.6 Å². The van der Waals surface area contributed by atoms with E-state index >= 15 is 0 Å². The Hall–Kier alpha value is -2.33. The number of hydrogen-bond acceptors (Lipinski definition) is 4. The van der Waals surface area contributed by atoms with Gasteiger partial charge in [0.2, 0.25) is 0 Å². The number of benzene rings is 2. The van der Waals surface area contributed by atoms with Crippen molar-refractivity contribution in [3.8, 4) is 0 Å². The topological polar surface area (TPSA) is 80.5 Å². The van der Waals surface area contributed by atoms with Gasteiger partial charge in [0.25, 0.3) is 15.7 Å². The molecule has 0 spiro atoms. The second-order valence-corrected chi connectivity index (χ2v) is 7.81. The van der Waals surface area contributed by atoms with Crippen LogP contribution in [0.1, 0.15) is 18.1 Å². The van der Waals surface area contributed by atoms with Gasteiger partial charge in [-0.1, -0.05) is 17.7 Å². The molecule has 2 rings (SSSR count). The van der Waals surface area contributed by atoms with Gasteiger partial charge in [0.15, 0.2) is 0 Å². The zero-order valence-electron chi connectivity index (χ0n) is 14.1. The summed E-state index contributed by atoms with van der Waals surface area (Å²) in [4.78, 5) is 9.93. The number of alkyl halides is 3. The van der Waals surface area contributed by atoms with Crippen LogP contribution in [0.15, 0.2) is 41.3 Å². The smallest absolute Gasteiger partial charge is 0.267 e. The molecule has 0 amide bonds. The highest BCUT2D eigenvalue weighted by molar-refractivity contribution is 7.92. The summed E-state index contributed by atoms with van der Waals surface area (Å²) in [5.74, 6) is 0. The fourth-order valence-corrected chi connectivity index (χ4v) is 4.16. The SMILES string of the molecule is CCN(c1ccc(Cl)c(C(F)(F)F)c1)S(=O)(=O)c1ccc(C)c([N+](=O)[O-])c1. The standard InChI is InChI=1S/C16H14ClF3N2O4S/c1-3-21(11-5-7-14(17)13(8-11)16(18,19)20)27(25,26)12-6-4-10(2)15(9-12)22(23)24/h4-9H,3H2,1-2H3. The van der Waals surface area contributed by atoms with E-state index in [2.05, 4.69) is 0 Å². The summed E-state index contributed by atoms with van der Waals surface area (Å²) in [6, 6.07) is 6.04. The Labute approximate surface area is 158 Å². The molecule has 0 saturated carbocycles. The maximum Gasteiger partial charge on any atom is 0.417 e. The van der Waals surface area contributed by atoms with Crippen LogP contribution in [-0.2, 0) is 16.2 Å². The fourth-order valence-electron chi connectivity index (χ4n) is 2.45. The third-order valence-electron chi connectivity index (χ3n) is 3.80. The van der Waals surface area contributed by atoms with Gasteiger partial charge in [-0.25, -0.2) is 8.42 Å². The first-order valence-electron chi connectivity index (χ1n) is 7.54. The maximum atomic E-state index is 13.1. The molecule has 0 heterocycles. The summed E-state index contributed by atoms with van der Waals surface area (Å²) in [6.45, 7) is 2.69. The lowest BCUT2D eigenvalue weighted by atomic mass is 10.2. The summed E-state index contributed by atoms with van der Waals surface area (Å²) in [6.07, 6.45) is -4.76. The predicted octanol–water partition coefficient (Wildman–Crippen LogP) is 4.79. The molecule has 0 radical (unpaired) electrons. The summed E-state index contributed by atoms with van der Waals surface area (Å²) < 4.78 is 65.7. The molecule has 0 unspecified atom stereocenters. The molecule has 146 valence electrons. The van der Waals surface area contributed by atoms with Gasteiger partial charge in [-0.3, -0.25) is 14.4 Å². The van der Waals surface area contributed by atoms with E-state index < -0.39 is 42.3 Å². The average Bonchev–Trinajstić information content (AvgIpc) is 2.55. The number of rotatable bonds is 5. The minimum atomic E-state index is -4.76. The van der Waals surface area contributed by atoms with E-state index in [1.807, 2.05) is 0 Å². The number of nitro benzene ring substituents is 1. The zero-order valence-corrected chi connectivity index (χ0v) is 15.7. The number of halogens is 4. The van der Waals surface area contributed by atoms with E-state index in [4.69, 9.17) is 11.6 Å². The summed E-state index contributed by atoms with van der Waals surface area (Å²) in [5.41, 5.74) is -1.57. The van der Waals surface area contributed by atoms with E-state index in [0.717, 1.165) is 22.5 Å². The Morgan fingerprint density at radius 3 is 2.33 bits per heavy atom. The molecule has 0 N–H and O–H groups in total. The van der Waals surface area contributed by atoms with E-state index in [1.165, 1.54) is 26.0 Å². The highest BCUT2D eigenvalue weighted by atomic mass is 35.5. The van der Waals surface area contributed by atoms with Gasteiger partial charge in [0.1, 0.15) is 0 Å². The molecule has 6 nitrogen and oxygen atoms in total. The fraction of sp³-hybridized carbons (Fsp3) is 0.250. The zero-order chi connectivity index (χ0) is 20.6. The molecule has 0 fully saturated rings. The van der Waals surface area contributed by atoms with Gasteiger partial charge in [-0.05, 0) is 38.1 Å². The van der Waals surface area contributed by atoms with E-state index in [9.17, 15) is 31.7 Å². The van der Waals surface area contributed by atoms with Crippen LogP contribution in [0.25, 0.3) is 0 Å². The highest BCUT2D eigenvalue weighted by Crippen LogP contribution is 2.38. The Morgan fingerprint density at radius 2 is 1.81 bits per heavy atom. The van der Waals surface area contributed by atoms with Crippen LogP contribution in [0.3, 0.4) is 0 Å². The van der Waals surface area contributed by atoms with Crippen LogP contribution < -0.4 is 4.31 Å². The molecular formula is C16H14ClF3N2O4S. The van der Waals surface area contributed by atoms with Gasteiger partial charge < -0.3 is 0 Å². The van der Waals surface area contributed by atoms with E-state index in [-0.39, 0.29) is 17.8 Å². The largest absolute Gasteiger partial charge is 0.417 e. The van der Waals surface area contributed by atoms with Gasteiger partial charge >= 0.3 is 6.18 Å². The first-order chi connectivity index (χ1) is 12.4. The Bertz CT molecular complexity index is 994. The third kappa shape index (κ3) is 4.16. The molecule has 0 aliphatic carbocycles. The van der Waals surface area contributed by atoms with Crippen molar-refractivity contribution in [2.24, 2.45) is 0 Å². The van der Waals surface area contributed by atoms with Crippen molar-refractivity contribution in [2.45, 2.75) is 24.9 Å². The number of nitrogens with zero attached hydrogens (tertiary/aromatic N) is 2. The van der Waals surface area contributed by atoms with Gasteiger partial charge in [0.05, 0.1) is 26.1 Å². The third-order valence-corrected chi connectivity index (χ3v) is 6.02. The number of anilines is 1. The summed E-state index contributed by atoms with van der Waals surface area (Å²) in [5, 5.41) is 10.5. The molecule has 2 aromatic rings. The Morgan fingerprint density at radius 1 is 1.19 bits per heavy atom. The molecule has 0 aliphatic rings. The van der Waals surface area contributed by atoms with Gasteiger partial charge in [-0.2, -0.15) is 13.2 Å². The first kappa shape index (κ1) is 21.0. The Balaban J connectivity index is 2.61. The van der Waals surface area contributed by atoms with Crippen LogP contribution in [0, 0.1) is 17.0 Å². The second kappa shape index (κ2) is 7.35. The van der Waals surface area contributed by atoms with Gasteiger partial charge in [0, 0.05) is 18.2 Å². The number of aryl methyl sites for hydroxylation is 1. The van der Waals surface area contributed by atoms with E-state index in [1.54, 1.807) is 0 Å². The lowest BCUT2D eigenvalue weighted by Gasteiger charge is -2.24. The molecule has 11 heteroatoms. The summed E-state index contributed by atoms with van der Waals surface area (Å²) >= 11 is 5.57. The summed E-state index contributed by atoms with van der Waals surface area (Å²) in [7, 11) is -4.33. The number of hydrogen-bond donors (Lipinski definition) is 0. The number of nitro groups is 1. The molecule has 0 aromatic heterocycles. The highest BCUT2D eigenvalue weighted by Gasteiger charge is 2.35. The maximum absolute atomic E-state index is 13.1. The number of sulfonamides is 1. The van der Waals surface area contributed by atoms with Gasteiger partial charge in [-0.15, -0.1) is 0 Å². The second-order valence-electron chi connectivity index (χ2n) is 5.54. The van der Waals surface area contributed by atoms with Crippen LogP contribution in [0.4, 0.5) is 24.5 Å². The molecule has 2 aromatic carbocycles. The first-order valence-corrected chi connectivity index (χ1v) is 9.36. The molecule has 27 heavy (non-hydrogen) atoms. The van der Waals surface area contributed by atoms with Crippen molar-refractivity contribution in [1.29, 1.82) is 0 Å². The minimum absolute atomic E-state index is 0.192. The molecule has 0 aliphatic heterocycles. The predicted molar refractivity (Wildman–Crippen MR) is 94.5 cm³/mol. The van der Waals surface area contributed by atoms with Crippen LogP contribution in [0.5, 0.6) is 0 Å². The van der Waals surface area contributed by atoms with Crippen LogP contribution in [0.2, 0.25) is 5.02 Å². The molecular weight excluding hydrogens is 409 g/mol. The monoisotopic (exact) mass is 422 g/mol. The van der Waals surface area contributed by atoms with E-state index in [0.29, 0.717) is 6.07 Å². The van der Waals surface area contributed by atoms with Crippen molar-refractivity contribution in [1.82, 2.24) is 0 Å². The Kier molecular flexibility index (Phi) is 5.71. The molecule has 0 saturated heterocycles. The lowest BCUT2D eigenvalue weighted by molar-refractivity contribution is -0.385. The van der Waals surface area contributed by atoms with Crippen molar-refractivity contribution >= 4 is 33.0 Å². The quantitative estimate of drug-likeness (QED) is 0.512. The van der Waals surface area contributed by atoms with Crippen molar-refractivity contribution in [3.63, 3.8) is 0 Å². The lowest BCUT2D eigenvalue weighted by Crippen LogP contribution is -2.31. The molecule has 0 bridgehead atoms. The minimum Gasteiger partial charge on any atom is -0.267 e. The normalized spacial score (nSPS) is 12.1. The van der Waals surface area contributed by atoms with Crippen molar-refractivity contribution in [2.75, 3.05) is 10.8 Å². The van der Waals surface area contributed by atoms with Crippen molar-refractivity contribution in [3.05, 3.63) is 62.7 Å². The average molecular weight is 423 g/mol. The van der Waals surface area contributed by atoms with Crippen molar-refractivity contribution < 1.29 is 26.5 Å².